The standard InChI is InChI=1S/C21H22NO7P/c1-3-27-30(24,28-4-2)12-14-5-7-16(8-6-14)22-21(23)20-10-15-9-18-19(26-13-25-18)11-17(15)29-20/h5-11H,3-4,12-13H2,1-2H3,(H,22,23). The number of benzene rings is 2. The lowest BCUT2D eigenvalue weighted by atomic mass is 10.2. The van der Waals surface area contributed by atoms with Gasteiger partial charge in [-0.15, -0.1) is 0 Å². The molecule has 1 N–H and O–H groups in total. The van der Waals surface area contributed by atoms with Crippen molar-refractivity contribution < 1.29 is 32.3 Å². The summed E-state index contributed by atoms with van der Waals surface area (Å²) in [6, 6.07) is 12.2. The van der Waals surface area contributed by atoms with Crippen molar-refractivity contribution in [2.45, 2.75) is 20.0 Å². The molecule has 0 aliphatic carbocycles. The maximum absolute atomic E-state index is 12.6. The number of anilines is 1. The predicted molar refractivity (Wildman–Crippen MR) is 111 cm³/mol. The summed E-state index contributed by atoms with van der Waals surface area (Å²) in [6.07, 6.45) is 0.168. The molecule has 8 nitrogen and oxygen atoms in total. The Bertz CT molecular complexity index is 1060. The lowest BCUT2D eigenvalue weighted by Gasteiger charge is -2.17. The molecule has 0 saturated carbocycles. The lowest BCUT2D eigenvalue weighted by molar-refractivity contribution is 0.0998. The van der Waals surface area contributed by atoms with E-state index in [0.717, 1.165) is 10.9 Å². The monoisotopic (exact) mass is 431 g/mol. The van der Waals surface area contributed by atoms with Crippen LogP contribution in [-0.2, 0) is 19.8 Å². The van der Waals surface area contributed by atoms with Crippen LogP contribution in [0.15, 0.2) is 46.9 Å². The molecular formula is C21H22NO7P. The number of furan rings is 1. The van der Waals surface area contributed by atoms with Gasteiger partial charge in [0.1, 0.15) is 5.58 Å². The number of amides is 1. The average Bonchev–Trinajstić information content (AvgIpc) is 3.33. The van der Waals surface area contributed by atoms with Crippen LogP contribution in [0.25, 0.3) is 11.0 Å². The van der Waals surface area contributed by atoms with E-state index in [4.69, 9.17) is 22.9 Å². The number of carbonyl (C=O) groups is 1. The maximum atomic E-state index is 12.6. The summed E-state index contributed by atoms with van der Waals surface area (Å²) in [6.45, 7) is 4.34. The molecule has 2 aromatic carbocycles. The van der Waals surface area contributed by atoms with Crippen molar-refractivity contribution in [1.82, 2.24) is 0 Å². The first-order chi connectivity index (χ1) is 14.5. The Morgan fingerprint density at radius 2 is 1.70 bits per heavy atom. The van der Waals surface area contributed by atoms with Crippen LogP contribution >= 0.6 is 7.60 Å². The number of rotatable bonds is 8. The molecule has 0 radical (unpaired) electrons. The lowest BCUT2D eigenvalue weighted by Crippen LogP contribution is -2.10. The van der Waals surface area contributed by atoms with Gasteiger partial charge in [0.2, 0.25) is 6.79 Å². The van der Waals surface area contributed by atoms with Crippen molar-refractivity contribution in [3.8, 4) is 11.5 Å². The molecule has 0 bridgehead atoms. The second kappa shape index (κ2) is 8.52. The summed E-state index contributed by atoms with van der Waals surface area (Å²) in [5.74, 6) is 1.02. The molecule has 1 aromatic heterocycles. The predicted octanol–water partition coefficient (Wildman–Crippen LogP) is 5.18. The van der Waals surface area contributed by atoms with Crippen LogP contribution < -0.4 is 14.8 Å². The van der Waals surface area contributed by atoms with Crippen LogP contribution in [-0.4, -0.2) is 25.9 Å². The summed E-state index contributed by atoms with van der Waals surface area (Å²) >= 11 is 0. The Labute approximate surface area is 173 Å². The van der Waals surface area contributed by atoms with Gasteiger partial charge in [0.05, 0.1) is 19.4 Å². The molecule has 1 aliphatic rings. The third kappa shape index (κ3) is 4.36. The van der Waals surface area contributed by atoms with Gasteiger partial charge in [-0.2, -0.15) is 0 Å². The molecule has 0 saturated heterocycles. The zero-order valence-electron chi connectivity index (χ0n) is 16.7. The van der Waals surface area contributed by atoms with Gasteiger partial charge < -0.3 is 28.3 Å². The van der Waals surface area contributed by atoms with Crippen LogP contribution in [0.1, 0.15) is 30.0 Å². The zero-order chi connectivity index (χ0) is 21.1. The zero-order valence-corrected chi connectivity index (χ0v) is 17.6. The molecule has 1 amide bonds. The Morgan fingerprint density at radius 3 is 2.37 bits per heavy atom. The van der Waals surface area contributed by atoms with Gasteiger partial charge >= 0.3 is 7.60 Å². The van der Waals surface area contributed by atoms with Crippen LogP contribution in [0, 0.1) is 0 Å². The second-order valence-corrected chi connectivity index (χ2v) is 8.66. The number of ether oxygens (including phenoxy) is 2. The van der Waals surface area contributed by atoms with Gasteiger partial charge in [0.25, 0.3) is 5.91 Å². The van der Waals surface area contributed by atoms with Crippen molar-refractivity contribution >= 4 is 30.2 Å². The Balaban J connectivity index is 1.45. The molecule has 0 unspecified atom stereocenters. The summed E-state index contributed by atoms with van der Waals surface area (Å²) in [4.78, 5) is 12.6. The summed E-state index contributed by atoms with van der Waals surface area (Å²) in [5.41, 5.74) is 1.92. The molecule has 0 fully saturated rings. The minimum Gasteiger partial charge on any atom is -0.454 e. The highest BCUT2D eigenvalue weighted by atomic mass is 31.2. The third-order valence-corrected chi connectivity index (χ3v) is 6.53. The smallest absolute Gasteiger partial charge is 0.335 e. The molecule has 9 heteroatoms. The van der Waals surface area contributed by atoms with Crippen LogP contribution in [0.3, 0.4) is 0 Å². The first-order valence-electron chi connectivity index (χ1n) is 9.61. The molecule has 0 spiro atoms. The van der Waals surface area contributed by atoms with Crippen molar-refractivity contribution in [2.24, 2.45) is 0 Å². The first kappa shape index (κ1) is 20.5. The van der Waals surface area contributed by atoms with E-state index >= 15 is 0 Å². The number of carbonyl (C=O) groups excluding carboxylic acids is 1. The van der Waals surface area contributed by atoms with Crippen molar-refractivity contribution in [3.05, 3.63) is 53.8 Å². The third-order valence-electron chi connectivity index (χ3n) is 4.47. The summed E-state index contributed by atoms with van der Waals surface area (Å²) < 4.78 is 39.6. The van der Waals surface area contributed by atoms with Crippen LogP contribution in [0.5, 0.6) is 11.5 Å². The molecule has 4 rings (SSSR count). The van der Waals surface area contributed by atoms with Gasteiger partial charge in [-0.05, 0) is 43.7 Å². The largest absolute Gasteiger partial charge is 0.454 e. The SMILES string of the molecule is CCOP(=O)(Cc1ccc(NC(=O)c2cc3cc4c(cc3o2)OCO4)cc1)OCC. The minimum atomic E-state index is -3.18. The van der Waals surface area contributed by atoms with Crippen LogP contribution in [0.2, 0.25) is 0 Å². The molecule has 3 aromatic rings. The molecule has 2 heterocycles. The highest BCUT2D eigenvalue weighted by molar-refractivity contribution is 7.53. The summed E-state index contributed by atoms with van der Waals surface area (Å²) in [7, 11) is -3.18. The van der Waals surface area contributed by atoms with Gasteiger partial charge in [0.15, 0.2) is 17.3 Å². The Hall–Kier alpha value is -2.80. The van der Waals surface area contributed by atoms with Crippen molar-refractivity contribution in [1.29, 1.82) is 0 Å². The first-order valence-corrected chi connectivity index (χ1v) is 11.3. The van der Waals surface area contributed by atoms with E-state index in [9.17, 15) is 9.36 Å². The van der Waals surface area contributed by atoms with Gasteiger partial charge in [0, 0.05) is 17.1 Å². The summed E-state index contributed by atoms with van der Waals surface area (Å²) in [5, 5.41) is 3.54. The molecule has 30 heavy (non-hydrogen) atoms. The number of fused-ring (bicyclic) bond motifs is 2. The van der Waals surface area contributed by atoms with Crippen molar-refractivity contribution in [3.63, 3.8) is 0 Å². The fraction of sp³-hybridized carbons (Fsp3) is 0.286. The maximum Gasteiger partial charge on any atom is 0.335 e. The Morgan fingerprint density at radius 1 is 1.03 bits per heavy atom. The van der Waals surface area contributed by atoms with E-state index in [-0.39, 0.29) is 24.6 Å². The average molecular weight is 431 g/mol. The number of nitrogens with one attached hydrogen (secondary N) is 1. The van der Waals surface area contributed by atoms with E-state index in [1.165, 1.54) is 0 Å². The fourth-order valence-electron chi connectivity index (χ4n) is 3.17. The highest BCUT2D eigenvalue weighted by Crippen LogP contribution is 2.51. The normalized spacial score (nSPS) is 13.0. The number of hydrogen-bond donors (Lipinski definition) is 1. The van der Waals surface area contributed by atoms with E-state index < -0.39 is 7.60 Å². The van der Waals surface area contributed by atoms with E-state index in [0.29, 0.717) is 36.0 Å². The highest BCUT2D eigenvalue weighted by Gasteiger charge is 2.24. The van der Waals surface area contributed by atoms with E-state index in [1.807, 2.05) is 0 Å². The minimum absolute atomic E-state index is 0.168. The van der Waals surface area contributed by atoms with Gasteiger partial charge in [-0.25, -0.2) is 0 Å². The quantitative estimate of drug-likeness (QED) is 0.491. The van der Waals surface area contributed by atoms with Gasteiger partial charge in [-0.3, -0.25) is 9.36 Å². The fourth-order valence-corrected chi connectivity index (χ4v) is 4.87. The van der Waals surface area contributed by atoms with Crippen LogP contribution in [0.4, 0.5) is 5.69 Å². The van der Waals surface area contributed by atoms with E-state index in [1.54, 1.807) is 56.3 Å². The van der Waals surface area contributed by atoms with Crippen molar-refractivity contribution in [2.75, 3.05) is 25.3 Å². The second-order valence-electron chi connectivity index (χ2n) is 6.61. The number of hydrogen-bond acceptors (Lipinski definition) is 7. The van der Waals surface area contributed by atoms with E-state index in [2.05, 4.69) is 5.32 Å². The Kier molecular flexibility index (Phi) is 5.81. The topological polar surface area (TPSA) is 96.2 Å². The molecule has 1 aliphatic heterocycles. The molecular weight excluding hydrogens is 409 g/mol. The molecule has 0 atom stereocenters. The molecule has 158 valence electrons. The van der Waals surface area contributed by atoms with Gasteiger partial charge in [-0.1, -0.05) is 12.1 Å².